The quantitative estimate of drug-likeness (QED) is 0.725. The van der Waals surface area contributed by atoms with E-state index in [1.54, 1.807) is 17.0 Å². The van der Waals surface area contributed by atoms with Gasteiger partial charge in [-0.25, -0.2) is 14.4 Å². The van der Waals surface area contributed by atoms with Crippen LogP contribution in [0.5, 0.6) is 0 Å². The molecule has 31 heavy (non-hydrogen) atoms. The molecule has 6 heteroatoms. The molecule has 0 bridgehead atoms. The molecular weight excluding hydrogens is 391 g/mol. The molecule has 0 radical (unpaired) electrons. The zero-order valence-electron chi connectivity index (χ0n) is 18.3. The van der Waals surface area contributed by atoms with Crippen LogP contribution in [0.1, 0.15) is 67.1 Å². The lowest BCUT2D eigenvalue weighted by Crippen LogP contribution is -2.41. The van der Waals surface area contributed by atoms with Gasteiger partial charge in [-0.05, 0) is 57.2 Å². The lowest BCUT2D eigenvalue weighted by Gasteiger charge is -2.36. The van der Waals surface area contributed by atoms with Gasteiger partial charge in [0.1, 0.15) is 17.5 Å². The molecule has 1 saturated carbocycles. The van der Waals surface area contributed by atoms with Gasteiger partial charge in [-0.3, -0.25) is 14.6 Å². The number of hydrogen-bond acceptors (Lipinski definition) is 4. The Morgan fingerprint density at radius 2 is 1.90 bits per heavy atom. The average molecular weight is 423 g/mol. The molecule has 2 aromatic rings. The smallest absolute Gasteiger partial charge is 0.232 e. The monoisotopic (exact) mass is 422 g/mol. The maximum absolute atomic E-state index is 14.1. The van der Waals surface area contributed by atoms with Crippen LogP contribution in [-0.4, -0.2) is 46.5 Å². The van der Waals surface area contributed by atoms with Crippen LogP contribution in [0.4, 0.5) is 10.2 Å². The number of carbonyl (C=O) groups excluding carboxylic acids is 1. The molecule has 1 aromatic heterocycles. The second kappa shape index (κ2) is 8.65. The van der Waals surface area contributed by atoms with Crippen molar-refractivity contribution in [3.8, 4) is 0 Å². The average Bonchev–Trinajstić information content (AvgIpc) is 3.42. The number of fused-ring (bicyclic) bond motifs is 1. The largest absolute Gasteiger partial charge is 0.300 e. The van der Waals surface area contributed by atoms with Crippen LogP contribution in [0.2, 0.25) is 0 Å². The second-order valence-corrected chi connectivity index (χ2v) is 9.31. The number of nitrogens with zero attached hydrogens (tertiary/aromatic N) is 4. The third-order valence-corrected chi connectivity index (χ3v) is 7.32. The fourth-order valence-electron chi connectivity index (χ4n) is 5.56. The molecule has 1 saturated heterocycles. The first kappa shape index (κ1) is 20.6. The van der Waals surface area contributed by atoms with Crippen molar-refractivity contribution in [1.29, 1.82) is 0 Å². The molecule has 1 amide bonds. The summed E-state index contributed by atoms with van der Waals surface area (Å²) in [6.45, 7) is 4.64. The fourth-order valence-corrected chi connectivity index (χ4v) is 5.56. The zero-order valence-corrected chi connectivity index (χ0v) is 18.3. The molecule has 5 rings (SSSR count). The second-order valence-electron chi connectivity index (χ2n) is 9.31. The minimum Gasteiger partial charge on any atom is -0.300 e. The van der Waals surface area contributed by atoms with E-state index in [1.165, 1.54) is 44.7 Å². The van der Waals surface area contributed by atoms with E-state index in [0.29, 0.717) is 30.9 Å². The van der Waals surface area contributed by atoms with E-state index in [0.717, 1.165) is 41.9 Å². The van der Waals surface area contributed by atoms with E-state index in [-0.39, 0.29) is 11.7 Å². The minimum atomic E-state index is -0.219. The SMILES string of the molecule is Cc1nc([C@H]2CCCN(C3CCCC3)C2)nc2c1CC(=O)N2CCc1ccccc1F. The highest BCUT2D eigenvalue weighted by Crippen LogP contribution is 2.35. The van der Waals surface area contributed by atoms with Crippen LogP contribution in [0.15, 0.2) is 24.3 Å². The van der Waals surface area contributed by atoms with Gasteiger partial charge in [-0.1, -0.05) is 31.0 Å². The Labute approximate surface area is 183 Å². The molecule has 3 aliphatic rings. The summed E-state index contributed by atoms with van der Waals surface area (Å²) < 4.78 is 14.1. The molecule has 0 N–H and O–H groups in total. The van der Waals surface area contributed by atoms with Crippen LogP contribution in [-0.2, 0) is 17.6 Å². The van der Waals surface area contributed by atoms with Crippen molar-refractivity contribution in [3.63, 3.8) is 0 Å². The number of anilines is 1. The van der Waals surface area contributed by atoms with Gasteiger partial charge >= 0.3 is 0 Å². The zero-order chi connectivity index (χ0) is 21.4. The number of benzene rings is 1. The van der Waals surface area contributed by atoms with Gasteiger partial charge in [-0.15, -0.1) is 0 Å². The van der Waals surface area contributed by atoms with Crippen LogP contribution in [0, 0.1) is 12.7 Å². The summed E-state index contributed by atoms with van der Waals surface area (Å²) >= 11 is 0. The van der Waals surface area contributed by atoms with Crippen molar-refractivity contribution < 1.29 is 9.18 Å². The van der Waals surface area contributed by atoms with E-state index in [1.807, 2.05) is 13.0 Å². The number of rotatable bonds is 5. The molecule has 0 unspecified atom stereocenters. The number of aryl methyl sites for hydroxylation is 1. The minimum absolute atomic E-state index is 0.0390. The maximum Gasteiger partial charge on any atom is 0.232 e. The molecule has 2 fully saturated rings. The highest BCUT2D eigenvalue weighted by atomic mass is 19.1. The molecular formula is C25H31FN4O. The van der Waals surface area contributed by atoms with Gasteiger partial charge in [0.15, 0.2) is 0 Å². The Balaban J connectivity index is 1.36. The molecule has 5 nitrogen and oxygen atoms in total. The topological polar surface area (TPSA) is 49.3 Å². The number of halogens is 1. The first-order valence-electron chi connectivity index (χ1n) is 11.8. The summed E-state index contributed by atoms with van der Waals surface area (Å²) in [6, 6.07) is 7.50. The molecule has 1 atom stereocenters. The first-order chi connectivity index (χ1) is 15.1. The van der Waals surface area contributed by atoms with Crippen molar-refractivity contribution in [2.45, 2.75) is 70.3 Å². The number of likely N-dealkylation sites (tertiary alicyclic amines) is 1. The highest BCUT2D eigenvalue weighted by Gasteiger charge is 2.34. The van der Waals surface area contributed by atoms with E-state index >= 15 is 0 Å². The van der Waals surface area contributed by atoms with Gasteiger partial charge in [0.25, 0.3) is 0 Å². The Morgan fingerprint density at radius 3 is 2.71 bits per heavy atom. The van der Waals surface area contributed by atoms with Gasteiger partial charge in [-0.2, -0.15) is 0 Å². The predicted octanol–water partition coefficient (Wildman–Crippen LogP) is 4.18. The molecule has 3 heterocycles. The Hall–Kier alpha value is -2.34. The van der Waals surface area contributed by atoms with Crippen LogP contribution < -0.4 is 4.90 Å². The Bertz CT molecular complexity index is 972. The molecule has 1 aromatic carbocycles. The summed E-state index contributed by atoms with van der Waals surface area (Å²) in [5, 5.41) is 0. The molecule has 164 valence electrons. The maximum atomic E-state index is 14.1. The van der Waals surface area contributed by atoms with E-state index < -0.39 is 0 Å². The molecule has 2 aliphatic heterocycles. The van der Waals surface area contributed by atoms with Crippen molar-refractivity contribution >= 4 is 11.7 Å². The van der Waals surface area contributed by atoms with E-state index in [2.05, 4.69) is 4.90 Å². The predicted molar refractivity (Wildman–Crippen MR) is 119 cm³/mol. The number of piperidine rings is 1. The lowest BCUT2D eigenvalue weighted by molar-refractivity contribution is -0.117. The summed E-state index contributed by atoms with van der Waals surface area (Å²) in [5.41, 5.74) is 2.49. The summed E-state index contributed by atoms with van der Waals surface area (Å²) in [5.74, 6) is 1.77. The van der Waals surface area contributed by atoms with Crippen LogP contribution >= 0.6 is 0 Å². The number of hydrogen-bond donors (Lipinski definition) is 0. The molecule has 0 spiro atoms. The summed E-state index contributed by atoms with van der Waals surface area (Å²) in [6.07, 6.45) is 8.43. The van der Waals surface area contributed by atoms with Crippen molar-refractivity contribution in [2.75, 3.05) is 24.5 Å². The van der Waals surface area contributed by atoms with Crippen LogP contribution in [0.3, 0.4) is 0 Å². The normalized spacial score (nSPS) is 22.3. The lowest BCUT2D eigenvalue weighted by atomic mass is 9.95. The third kappa shape index (κ3) is 4.10. The third-order valence-electron chi connectivity index (χ3n) is 7.32. The van der Waals surface area contributed by atoms with Crippen molar-refractivity contribution in [1.82, 2.24) is 14.9 Å². The number of amides is 1. The fraction of sp³-hybridized carbons (Fsp3) is 0.560. The molecule has 1 aliphatic carbocycles. The first-order valence-corrected chi connectivity index (χ1v) is 11.8. The Kier molecular flexibility index (Phi) is 5.74. The summed E-state index contributed by atoms with van der Waals surface area (Å²) in [7, 11) is 0. The number of aromatic nitrogens is 2. The standard InChI is InChI=1S/C25H31FN4O/c1-17-21-15-23(31)30(14-12-18-7-2-5-11-22(18)26)25(21)28-24(27-17)19-8-6-13-29(16-19)20-9-3-4-10-20/h2,5,7,11,19-20H,3-4,6,8-10,12-16H2,1H3/t19-/m0/s1. The van der Waals surface area contributed by atoms with E-state index in [4.69, 9.17) is 9.97 Å². The van der Waals surface area contributed by atoms with Crippen LogP contribution in [0.25, 0.3) is 0 Å². The van der Waals surface area contributed by atoms with Crippen molar-refractivity contribution in [2.24, 2.45) is 0 Å². The van der Waals surface area contributed by atoms with Gasteiger partial charge in [0.05, 0.1) is 6.42 Å². The summed E-state index contributed by atoms with van der Waals surface area (Å²) in [4.78, 5) is 26.9. The van der Waals surface area contributed by atoms with E-state index in [9.17, 15) is 9.18 Å². The Morgan fingerprint density at radius 1 is 1.10 bits per heavy atom. The van der Waals surface area contributed by atoms with Gasteiger partial charge in [0.2, 0.25) is 5.91 Å². The van der Waals surface area contributed by atoms with Gasteiger partial charge < -0.3 is 0 Å². The van der Waals surface area contributed by atoms with Crippen molar-refractivity contribution in [3.05, 3.63) is 52.7 Å². The van der Waals surface area contributed by atoms with Gasteiger partial charge in [0, 0.05) is 36.3 Å². The highest BCUT2D eigenvalue weighted by molar-refractivity contribution is 6.00. The number of carbonyl (C=O) groups is 1.